The first-order valence-electron chi connectivity index (χ1n) is 5.50. The lowest BCUT2D eigenvalue weighted by molar-refractivity contribution is 0.585. The molecule has 0 spiro atoms. The molecular formula is C12H18N2O2S. The molecule has 0 bridgehead atoms. The van der Waals surface area contributed by atoms with Gasteiger partial charge in [-0.05, 0) is 24.2 Å². The molecule has 0 atom stereocenters. The van der Waals surface area contributed by atoms with Crippen LogP contribution in [0.1, 0.15) is 12.5 Å². The van der Waals surface area contributed by atoms with Gasteiger partial charge in [-0.3, -0.25) is 0 Å². The summed E-state index contributed by atoms with van der Waals surface area (Å²) in [5.41, 5.74) is 1.06. The maximum Gasteiger partial charge on any atom is 0.240 e. The molecule has 0 amide bonds. The molecule has 2 N–H and O–H groups in total. The summed E-state index contributed by atoms with van der Waals surface area (Å²) in [6, 6.07) is 6.84. The minimum absolute atomic E-state index is 0.238. The third-order valence-electron chi connectivity index (χ3n) is 2.23. The fourth-order valence-electron chi connectivity index (χ4n) is 1.31. The topological polar surface area (TPSA) is 58.2 Å². The zero-order chi connectivity index (χ0) is 12.7. The molecule has 0 aromatic heterocycles. The Kier molecular flexibility index (Phi) is 5.34. The average molecular weight is 254 g/mol. The summed E-state index contributed by atoms with van der Waals surface area (Å²) in [5.74, 6) is 0. The van der Waals surface area contributed by atoms with Gasteiger partial charge in [0.2, 0.25) is 10.0 Å². The SMILES string of the molecule is C=CCNS(=O)(=O)c1ccc(CNCC)cc1. The molecule has 1 aromatic rings. The number of nitrogens with one attached hydrogen (secondary N) is 2. The number of benzene rings is 1. The lowest BCUT2D eigenvalue weighted by atomic mass is 10.2. The van der Waals surface area contributed by atoms with Crippen molar-refractivity contribution in [3.8, 4) is 0 Å². The molecule has 94 valence electrons. The van der Waals surface area contributed by atoms with Gasteiger partial charge in [-0.15, -0.1) is 6.58 Å². The third kappa shape index (κ3) is 4.30. The minimum atomic E-state index is -3.40. The standard InChI is InChI=1S/C12H18N2O2S/c1-3-9-14-17(15,16)12-7-5-11(6-8-12)10-13-4-2/h3,5-8,13-14H,1,4,9-10H2,2H3. The Morgan fingerprint density at radius 1 is 1.29 bits per heavy atom. The van der Waals surface area contributed by atoms with Crippen LogP contribution in [0.15, 0.2) is 41.8 Å². The molecule has 5 heteroatoms. The molecule has 0 aliphatic carbocycles. The zero-order valence-electron chi connectivity index (χ0n) is 9.94. The van der Waals surface area contributed by atoms with Crippen molar-refractivity contribution in [2.45, 2.75) is 18.4 Å². The van der Waals surface area contributed by atoms with Crippen molar-refractivity contribution in [3.05, 3.63) is 42.5 Å². The Morgan fingerprint density at radius 3 is 2.47 bits per heavy atom. The first-order valence-corrected chi connectivity index (χ1v) is 6.98. The van der Waals surface area contributed by atoms with E-state index < -0.39 is 10.0 Å². The predicted octanol–water partition coefficient (Wildman–Crippen LogP) is 1.26. The number of sulfonamides is 1. The molecule has 0 radical (unpaired) electrons. The Hall–Kier alpha value is -1.17. The van der Waals surface area contributed by atoms with Crippen LogP contribution in [-0.2, 0) is 16.6 Å². The van der Waals surface area contributed by atoms with E-state index in [1.165, 1.54) is 6.08 Å². The smallest absolute Gasteiger partial charge is 0.240 e. The fraction of sp³-hybridized carbons (Fsp3) is 0.333. The van der Waals surface area contributed by atoms with Crippen LogP contribution in [0, 0.1) is 0 Å². The zero-order valence-corrected chi connectivity index (χ0v) is 10.8. The molecule has 1 rings (SSSR count). The van der Waals surface area contributed by atoms with Crippen molar-refractivity contribution in [3.63, 3.8) is 0 Å². The molecule has 0 saturated carbocycles. The summed E-state index contributed by atoms with van der Waals surface area (Å²) in [7, 11) is -3.40. The summed E-state index contributed by atoms with van der Waals surface area (Å²) >= 11 is 0. The van der Waals surface area contributed by atoms with Crippen molar-refractivity contribution in [1.29, 1.82) is 0 Å². The summed E-state index contributed by atoms with van der Waals surface area (Å²) in [4.78, 5) is 0.277. The quantitative estimate of drug-likeness (QED) is 0.720. The van der Waals surface area contributed by atoms with Crippen molar-refractivity contribution < 1.29 is 8.42 Å². The molecule has 17 heavy (non-hydrogen) atoms. The van der Waals surface area contributed by atoms with Crippen LogP contribution >= 0.6 is 0 Å². The second kappa shape index (κ2) is 6.54. The lowest BCUT2D eigenvalue weighted by Crippen LogP contribution is -2.23. The van der Waals surface area contributed by atoms with E-state index in [9.17, 15) is 8.42 Å². The molecule has 0 fully saturated rings. The van der Waals surface area contributed by atoms with E-state index in [0.29, 0.717) is 0 Å². The van der Waals surface area contributed by atoms with Gasteiger partial charge in [-0.1, -0.05) is 25.1 Å². The largest absolute Gasteiger partial charge is 0.313 e. The van der Waals surface area contributed by atoms with E-state index in [0.717, 1.165) is 18.7 Å². The van der Waals surface area contributed by atoms with E-state index in [1.54, 1.807) is 12.1 Å². The highest BCUT2D eigenvalue weighted by atomic mass is 32.2. The first kappa shape index (κ1) is 13.9. The van der Waals surface area contributed by atoms with Crippen LogP contribution < -0.4 is 10.0 Å². The summed E-state index contributed by atoms with van der Waals surface area (Å²) in [6.45, 7) is 7.37. The molecule has 0 unspecified atom stereocenters. The monoisotopic (exact) mass is 254 g/mol. The van der Waals surface area contributed by atoms with E-state index in [4.69, 9.17) is 0 Å². The maximum absolute atomic E-state index is 11.7. The molecule has 4 nitrogen and oxygen atoms in total. The maximum atomic E-state index is 11.7. The Morgan fingerprint density at radius 2 is 1.94 bits per heavy atom. The van der Waals surface area contributed by atoms with Gasteiger partial charge in [0.05, 0.1) is 4.90 Å². The van der Waals surface area contributed by atoms with E-state index >= 15 is 0 Å². The van der Waals surface area contributed by atoms with Gasteiger partial charge in [-0.2, -0.15) is 0 Å². The molecule has 0 heterocycles. The van der Waals surface area contributed by atoms with Gasteiger partial charge >= 0.3 is 0 Å². The predicted molar refractivity (Wildman–Crippen MR) is 69.2 cm³/mol. The van der Waals surface area contributed by atoms with Gasteiger partial charge in [0, 0.05) is 13.1 Å². The van der Waals surface area contributed by atoms with Crippen LogP contribution in [0.3, 0.4) is 0 Å². The van der Waals surface area contributed by atoms with Crippen LogP contribution in [0.25, 0.3) is 0 Å². The average Bonchev–Trinajstić information content (AvgIpc) is 2.34. The van der Waals surface area contributed by atoms with E-state index in [2.05, 4.69) is 16.6 Å². The summed E-state index contributed by atoms with van der Waals surface area (Å²) < 4.78 is 25.9. The normalized spacial score (nSPS) is 11.4. The van der Waals surface area contributed by atoms with Gasteiger partial charge in [-0.25, -0.2) is 13.1 Å². The minimum Gasteiger partial charge on any atom is -0.313 e. The third-order valence-corrected chi connectivity index (χ3v) is 3.67. The first-order chi connectivity index (χ1) is 8.10. The van der Waals surface area contributed by atoms with Gasteiger partial charge < -0.3 is 5.32 Å². The molecule has 1 aromatic carbocycles. The fourth-order valence-corrected chi connectivity index (χ4v) is 2.31. The number of hydrogen-bond donors (Lipinski definition) is 2. The molecule has 0 aliphatic rings. The molecule has 0 aliphatic heterocycles. The van der Waals surface area contributed by atoms with Gasteiger partial charge in [0.25, 0.3) is 0 Å². The van der Waals surface area contributed by atoms with Gasteiger partial charge in [0.1, 0.15) is 0 Å². The Balaban J connectivity index is 2.76. The van der Waals surface area contributed by atoms with Crippen LogP contribution in [0.4, 0.5) is 0 Å². The van der Waals surface area contributed by atoms with Crippen LogP contribution in [0.5, 0.6) is 0 Å². The Labute approximate surface area is 103 Å². The molecule has 0 saturated heterocycles. The van der Waals surface area contributed by atoms with E-state index in [1.807, 2.05) is 19.1 Å². The Bertz CT molecular complexity index is 452. The van der Waals surface area contributed by atoms with Crippen molar-refractivity contribution in [2.75, 3.05) is 13.1 Å². The van der Waals surface area contributed by atoms with Crippen LogP contribution in [0.2, 0.25) is 0 Å². The van der Waals surface area contributed by atoms with Crippen LogP contribution in [-0.4, -0.2) is 21.5 Å². The summed E-state index contributed by atoms with van der Waals surface area (Å²) in [5, 5.41) is 3.18. The van der Waals surface area contributed by atoms with Gasteiger partial charge in [0.15, 0.2) is 0 Å². The van der Waals surface area contributed by atoms with Crippen molar-refractivity contribution >= 4 is 10.0 Å². The number of rotatable bonds is 7. The van der Waals surface area contributed by atoms with E-state index in [-0.39, 0.29) is 11.4 Å². The lowest BCUT2D eigenvalue weighted by Gasteiger charge is -2.06. The molecular weight excluding hydrogens is 236 g/mol. The highest BCUT2D eigenvalue weighted by molar-refractivity contribution is 7.89. The number of hydrogen-bond acceptors (Lipinski definition) is 3. The van der Waals surface area contributed by atoms with Crippen molar-refractivity contribution in [2.24, 2.45) is 0 Å². The summed E-state index contributed by atoms with van der Waals surface area (Å²) in [6.07, 6.45) is 1.51. The van der Waals surface area contributed by atoms with Crippen molar-refractivity contribution in [1.82, 2.24) is 10.0 Å². The second-order valence-electron chi connectivity index (χ2n) is 3.56. The second-order valence-corrected chi connectivity index (χ2v) is 5.33. The highest BCUT2D eigenvalue weighted by Crippen LogP contribution is 2.10. The highest BCUT2D eigenvalue weighted by Gasteiger charge is 2.11.